The maximum absolute atomic E-state index is 13.6. The van der Waals surface area contributed by atoms with E-state index in [0.29, 0.717) is 28.6 Å². The molecule has 2 N–H and O–H groups in total. The first-order chi connectivity index (χ1) is 19.8. The number of aromatic nitrogens is 2. The lowest BCUT2D eigenvalue weighted by atomic mass is 9.92. The number of halogens is 4. The monoisotopic (exact) mass is 597 g/mol. The molecule has 0 saturated heterocycles. The van der Waals surface area contributed by atoms with E-state index >= 15 is 0 Å². The van der Waals surface area contributed by atoms with E-state index in [-0.39, 0.29) is 12.0 Å². The van der Waals surface area contributed by atoms with Crippen molar-refractivity contribution < 1.29 is 22.8 Å². The second-order valence-corrected chi connectivity index (χ2v) is 11.1. The number of anilines is 2. The fourth-order valence-corrected chi connectivity index (χ4v) is 4.41. The highest BCUT2D eigenvalue weighted by molar-refractivity contribution is 6.32. The number of carbonyl (C=O) groups is 2. The molecular formula is C31H31ClF3N5O2. The molecule has 42 heavy (non-hydrogen) atoms. The van der Waals surface area contributed by atoms with Gasteiger partial charge in [-0.15, -0.1) is 0 Å². The number of rotatable bonds is 8. The fourth-order valence-electron chi connectivity index (χ4n) is 4.19. The molecule has 3 aromatic carbocycles. The lowest BCUT2D eigenvalue weighted by Crippen LogP contribution is -2.42. The molecule has 4 aromatic rings. The van der Waals surface area contributed by atoms with Crippen LogP contribution in [0.3, 0.4) is 0 Å². The van der Waals surface area contributed by atoms with Crippen LogP contribution in [0.4, 0.5) is 29.5 Å². The third-order valence-electron chi connectivity index (χ3n) is 6.43. The van der Waals surface area contributed by atoms with Crippen LogP contribution >= 0.6 is 11.6 Å². The second kappa shape index (κ2) is 12.7. The molecule has 0 aliphatic carbocycles. The maximum atomic E-state index is 13.6. The van der Waals surface area contributed by atoms with E-state index in [1.54, 1.807) is 30.3 Å². The third kappa shape index (κ3) is 7.70. The quantitative estimate of drug-likeness (QED) is 0.220. The summed E-state index contributed by atoms with van der Waals surface area (Å²) in [7, 11) is 0. The van der Waals surface area contributed by atoms with Gasteiger partial charge in [0, 0.05) is 18.0 Å². The number of urea groups is 1. The van der Waals surface area contributed by atoms with Gasteiger partial charge in [-0.25, -0.2) is 9.48 Å². The van der Waals surface area contributed by atoms with Crippen LogP contribution in [0, 0.1) is 0 Å². The molecule has 0 bridgehead atoms. The van der Waals surface area contributed by atoms with Gasteiger partial charge in [-0.05, 0) is 36.2 Å². The lowest BCUT2D eigenvalue weighted by Gasteiger charge is -2.24. The Kier molecular flexibility index (Phi) is 9.26. The number of nitrogens with zero attached hydrogens (tertiary/aromatic N) is 3. The second-order valence-electron chi connectivity index (χ2n) is 10.7. The van der Waals surface area contributed by atoms with Gasteiger partial charge in [-0.2, -0.15) is 18.3 Å². The van der Waals surface area contributed by atoms with E-state index in [4.69, 9.17) is 11.6 Å². The van der Waals surface area contributed by atoms with Crippen molar-refractivity contribution in [2.75, 3.05) is 23.7 Å². The average Bonchev–Trinajstić information content (AvgIpc) is 3.35. The molecule has 7 nitrogen and oxygen atoms in total. The SMILES string of the molecule is CC(C)(C)c1cc(NC(=O)CN(CCc2ccccc2)C(=O)Nc2ccccc2C(F)(F)F)n(-c2ccccc2Cl)n1. The molecule has 1 heterocycles. The standard InChI is InChI=1S/C31H31ClF3N5O2/c1-30(2,3)26-19-27(40(38-26)25-16-10-8-14-23(25)32)37-28(41)20-39(18-17-21-11-5-4-6-12-21)29(42)36-24-15-9-7-13-22(24)31(33,34)35/h4-16,19H,17-18,20H2,1-3H3,(H,36,42)(H,37,41). The minimum atomic E-state index is -4.67. The van der Waals surface area contributed by atoms with Gasteiger partial charge in [0.25, 0.3) is 0 Å². The number of benzene rings is 3. The largest absolute Gasteiger partial charge is 0.418 e. The van der Waals surface area contributed by atoms with Crippen LogP contribution in [-0.2, 0) is 22.8 Å². The predicted molar refractivity (Wildman–Crippen MR) is 158 cm³/mol. The van der Waals surface area contributed by atoms with Gasteiger partial charge < -0.3 is 15.5 Å². The molecular weight excluding hydrogens is 567 g/mol. The molecule has 0 spiro atoms. The third-order valence-corrected chi connectivity index (χ3v) is 6.75. The zero-order chi connectivity index (χ0) is 30.5. The predicted octanol–water partition coefficient (Wildman–Crippen LogP) is 7.56. The van der Waals surface area contributed by atoms with Crippen molar-refractivity contribution >= 4 is 35.0 Å². The molecule has 0 radical (unpaired) electrons. The van der Waals surface area contributed by atoms with Crippen LogP contribution in [0.25, 0.3) is 5.69 Å². The summed E-state index contributed by atoms with van der Waals surface area (Å²) in [6.07, 6.45) is -4.29. The molecule has 0 saturated carbocycles. The zero-order valence-corrected chi connectivity index (χ0v) is 24.1. The highest BCUT2D eigenvalue weighted by atomic mass is 35.5. The van der Waals surface area contributed by atoms with Crippen molar-refractivity contribution in [1.82, 2.24) is 14.7 Å². The van der Waals surface area contributed by atoms with Crippen LogP contribution in [-0.4, -0.2) is 39.7 Å². The van der Waals surface area contributed by atoms with E-state index in [9.17, 15) is 22.8 Å². The number of hydrogen-bond donors (Lipinski definition) is 2. The van der Waals surface area contributed by atoms with Gasteiger partial charge in [-0.3, -0.25) is 4.79 Å². The van der Waals surface area contributed by atoms with Crippen LogP contribution in [0.5, 0.6) is 0 Å². The summed E-state index contributed by atoms with van der Waals surface area (Å²) >= 11 is 6.42. The normalized spacial score (nSPS) is 11.7. The summed E-state index contributed by atoms with van der Waals surface area (Å²) in [5.74, 6) is -0.222. The van der Waals surface area contributed by atoms with Gasteiger partial charge >= 0.3 is 12.2 Å². The first-order valence-electron chi connectivity index (χ1n) is 13.2. The van der Waals surface area contributed by atoms with Gasteiger partial charge in [0.2, 0.25) is 5.91 Å². The Bertz CT molecular complexity index is 1550. The summed E-state index contributed by atoms with van der Waals surface area (Å²) in [5.41, 5.74) is 0.417. The van der Waals surface area contributed by atoms with Crippen LogP contribution in [0.1, 0.15) is 37.6 Å². The van der Waals surface area contributed by atoms with E-state index in [0.717, 1.165) is 11.6 Å². The van der Waals surface area contributed by atoms with Crippen molar-refractivity contribution in [2.24, 2.45) is 0 Å². The Labute approximate surface area is 247 Å². The van der Waals surface area contributed by atoms with Crippen molar-refractivity contribution in [2.45, 2.75) is 38.8 Å². The fraction of sp³-hybridized carbons (Fsp3) is 0.258. The average molecular weight is 598 g/mol. The summed E-state index contributed by atoms with van der Waals surface area (Å²) in [5, 5.41) is 10.2. The summed E-state index contributed by atoms with van der Waals surface area (Å²) in [6, 6.07) is 21.9. The number of alkyl halides is 3. The molecule has 0 atom stereocenters. The minimum Gasteiger partial charge on any atom is -0.315 e. The lowest BCUT2D eigenvalue weighted by molar-refractivity contribution is -0.137. The molecule has 0 aliphatic rings. The van der Waals surface area contributed by atoms with E-state index in [1.165, 1.54) is 27.8 Å². The van der Waals surface area contributed by atoms with E-state index < -0.39 is 35.9 Å². The van der Waals surface area contributed by atoms with Crippen molar-refractivity contribution in [3.63, 3.8) is 0 Å². The minimum absolute atomic E-state index is 0.0778. The van der Waals surface area contributed by atoms with Crippen LogP contribution < -0.4 is 10.6 Å². The van der Waals surface area contributed by atoms with Crippen LogP contribution in [0.15, 0.2) is 84.9 Å². The van der Waals surface area contributed by atoms with E-state index in [1.807, 2.05) is 51.1 Å². The first-order valence-corrected chi connectivity index (χ1v) is 13.6. The van der Waals surface area contributed by atoms with Crippen molar-refractivity contribution in [3.8, 4) is 5.69 Å². The van der Waals surface area contributed by atoms with Gasteiger partial charge in [0.1, 0.15) is 12.4 Å². The molecule has 0 unspecified atom stereocenters. The molecule has 11 heteroatoms. The Morgan fingerprint density at radius 3 is 2.21 bits per heavy atom. The van der Waals surface area contributed by atoms with Crippen molar-refractivity contribution in [1.29, 1.82) is 0 Å². The van der Waals surface area contributed by atoms with Gasteiger partial charge in [0.05, 0.1) is 27.7 Å². The van der Waals surface area contributed by atoms with Crippen LogP contribution in [0.2, 0.25) is 5.02 Å². The Balaban J connectivity index is 1.60. The number of para-hydroxylation sites is 2. The maximum Gasteiger partial charge on any atom is 0.418 e. The molecule has 220 valence electrons. The summed E-state index contributed by atoms with van der Waals surface area (Å²) in [4.78, 5) is 27.8. The topological polar surface area (TPSA) is 79.3 Å². The Hall–Kier alpha value is -4.31. The number of nitrogens with one attached hydrogen (secondary N) is 2. The number of carbonyl (C=O) groups excluding carboxylic acids is 2. The van der Waals surface area contributed by atoms with Crippen molar-refractivity contribution in [3.05, 3.63) is 107 Å². The van der Waals surface area contributed by atoms with Gasteiger partial charge in [0.15, 0.2) is 0 Å². The molecule has 1 aromatic heterocycles. The molecule has 3 amide bonds. The number of amides is 3. The number of hydrogen-bond acceptors (Lipinski definition) is 3. The first kappa shape index (κ1) is 30.6. The molecule has 0 aliphatic heterocycles. The smallest absolute Gasteiger partial charge is 0.315 e. The highest BCUT2D eigenvalue weighted by Gasteiger charge is 2.34. The zero-order valence-electron chi connectivity index (χ0n) is 23.4. The molecule has 4 rings (SSSR count). The summed E-state index contributed by atoms with van der Waals surface area (Å²) < 4.78 is 42.2. The Morgan fingerprint density at radius 2 is 1.55 bits per heavy atom. The highest BCUT2D eigenvalue weighted by Crippen LogP contribution is 2.35. The molecule has 0 fully saturated rings. The summed E-state index contributed by atoms with van der Waals surface area (Å²) in [6.45, 7) is 5.59. The van der Waals surface area contributed by atoms with E-state index in [2.05, 4.69) is 15.7 Å². The Morgan fingerprint density at radius 1 is 0.905 bits per heavy atom. The van der Waals surface area contributed by atoms with Gasteiger partial charge in [-0.1, -0.05) is 87.0 Å².